The van der Waals surface area contributed by atoms with Crippen molar-refractivity contribution in [3.05, 3.63) is 0 Å². The zero-order valence-corrected chi connectivity index (χ0v) is 11.1. The zero-order valence-electron chi connectivity index (χ0n) is 11.1. The summed E-state index contributed by atoms with van der Waals surface area (Å²) in [6, 6.07) is 0.511. The second-order valence-corrected chi connectivity index (χ2v) is 5.69. The summed E-state index contributed by atoms with van der Waals surface area (Å²) in [6.07, 6.45) is 3.17. The standard InChI is InChI=1S/C13H23FN2O2/c1-15-8-3-11(4-9-15)16-7-2-5-13(14,6-10-16)12(17)18/h11H,2-10H2,1H3,(H,17,18). The van der Waals surface area contributed by atoms with Gasteiger partial charge in [0.25, 0.3) is 0 Å². The van der Waals surface area contributed by atoms with Crippen molar-refractivity contribution in [1.82, 2.24) is 9.80 Å². The Bertz CT molecular complexity index is 305. The summed E-state index contributed by atoms with van der Waals surface area (Å²) >= 11 is 0. The molecule has 0 aromatic rings. The van der Waals surface area contributed by atoms with Crippen molar-refractivity contribution in [2.24, 2.45) is 0 Å². The predicted octanol–water partition coefficient (Wildman–Crippen LogP) is 1.36. The van der Waals surface area contributed by atoms with Gasteiger partial charge in [-0.15, -0.1) is 0 Å². The lowest BCUT2D eigenvalue weighted by molar-refractivity contribution is -0.151. The second-order valence-electron chi connectivity index (χ2n) is 5.69. The number of hydrogen-bond acceptors (Lipinski definition) is 3. The fraction of sp³-hybridized carbons (Fsp3) is 0.923. The van der Waals surface area contributed by atoms with Crippen LogP contribution in [0.4, 0.5) is 4.39 Å². The summed E-state index contributed by atoms with van der Waals surface area (Å²) in [7, 11) is 2.12. The zero-order chi connectivity index (χ0) is 13.2. The van der Waals surface area contributed by atoms with Crippen LogP contribution in [0.2, 0.25) is 0 Å². The van der Waals surface area contributed by atoms with Crippen LogP contribution in [0.1, 0.15) is 32.1 Å². The first-order valence-corrected chi connectivity index (χ1v) is 6.86. The summed E-state index contributed by atoms with van der Waals surface area (Å²) < 4.78 is 14.1. The molecule has 5 heteroatoms. The Labute approximate surface area is 108 Å². The van der Waals surface area contributed by atoms with Crippen molar-refractivity contribution in [3.63, 3.8) is 0 Å². The lowest BCUT2D eigenvalue weighted by Crippen LogP contribution is -2.44. The highest BCUT2D eigenvalue weighted by atomic mass is 19.1. The highest BCUT2D eigenvalue weighted by Crippen LogP contribution is 2.29. The van der Waals surface area contributed by atoms with Crippen molar-refractivity contribution < 1.29 is 14.3 Å². The topological polar surface area (TPSA) is 43.8 Å². The third-order valence-electron chi connectivity index (χ3n) is 4.40. The molecular formula is C13H23FN2O2. The SMILES string of the molecule is CN1CCC(N2CCCC(F)(C(=O)O)CC2)CC1. The van der Waals surface area contributed by atoms with Gasteiger partial charge in [-0.1, -0.05) is 0 Å². The van der Waals surface area contributed by atoms with E-state index in [0.29, 0.717) is 19.0 Å². The van der Waals surface area contributed by atoms with Gasteiger partial charge in [0.2, 0.25) is 5.67 Å². The minimum Gasteiger partial charge on any atom is -0.479 e. The number of halogens is 1. The van der Waals surface area contributed by atoms with Crippen molar-refractivity contribution in [3.8, 4) is 0 Å². The van der Waals surface area contributed by atoms with E-state index in [0.717, 1.165) is 32.5 Å². The number of rotatable bonds is 2. The first kappa shape index (κ1) is 13.7. The third kappa shape index (κ3) is 3.01. The summed E-state index contributed by atoms with van der Waals surface area (Å²) in [5.41, 5.74) is -2.00. The van der Waals surface area contributed by atoms with Crippen molar-refractivity contribution in [2.75, 3.05) is 33.2 Å². The molecule has 2 heterocycles. The van der Waals surface area contributed by atoms with Crippen LogP contribution in [0.5, 0.6) is 0 Å². The molecule has 0 aromatic heterocycles. The van der Waals surface area contributed by atoms with E-state index in [4.69, 9.17) is 5.11 Å². The molecule has 1 unspecified atom stereocenters. The summed E-state index contributed by atoms with van der Waals surface area (Å²) in [5, 5.41) is 8.95. The van der Waals surface area contributed by atoms with Crippen molar-refractivity contribution in [1.29, 1.82) is 0 Å². The van der Waals surface area contributed by atoms with Crippen LogP contribution in [0.3, 0.4) is 0 Å². The maximum Gasteiger partial charge on any atom is 0.341 e. The molecule has 2 saturated heterocycles. The molecule has 0 radical (unpaired) electrons. The van der Waals surface area contributed by atoms with Gasteiger partial charge < -0.3 is 14.9 Å². The molecule has 0 saturated carbocycles. The van der Waals surface area contributed by atoms with Gasteiger partial charge in [-0.3, -0.25) is 0 Å². The molecule has 1 atom stereocenters. The van der Waals surface area contributed by atoms with E-state index in [1.54, 1.807) is 0 Å². The molecule has 0 bridgehead atoms. The summed E-state index contributed by atoms with van der Waals surface area (Å²) in [6.45, 7) is 3.59. The molecule has 0 amide bonds. The van der Waals surface area contributed by atoms with E-state index in [9.17, 15) is 9.18 Å². The van der Waals surface area contributed by atoms with Crippen LogP contribution < -0.4 is 0 Å². The molecule has 18 heavy (non-hydrogen) atoms. The highest BCUT2D eigenvalue weighted by molar-refractivity contribution is 5.77. The van der Waals surface area contributed by atoms with E-state index < -0.39 is 11.6 Å². The lowest BCUT2D eigenvalue weighted by Gasteiger charge is -2.36. The van der Waals surface area contributed by atoms with Crippen molar-refractivity contribution >= 4 is 5.97 Å². The first-order chi connectivity index (χ1) is 8.51. The monoisotopic (exact) mass is 258 g/mol. The Kier molecular flexibility index (Phi) is 4.22. The Hall–Kier alpha value is -0.680. The van der Waals surface area contributed by atoms with E-state index in [2.05, 4.69) is 16.8 Å². The van der Waals surface area contributed by atoms with Crippen LogP contribution >= 0.6 is 0 Å². The van der Waals surface area contributed by atoms with Gasteiger partial charge in [0.05, 0.1) is 0 Å². The van der Waals surface area contributed by atoms with Gasteiger partial charge >= 0.3 is 5.97 Å². The minimum absolute atomic E-state index is 0.134. The molecule has 104 valence electrons. The molecule has 2 rings (SSSR count). The van der Waals surface area contributed by atoms with Gasteiger partial charge in [-0.2, -0.15) is 0 Å². The number of likely N-dealkylation sites (tertiary alicyclic amines) is 2. The lowest BCUT2D eigenvalue weighted by atomic mass is 9.97. The normalized spacial score (nSPS) is 33.2. The van der Waals surface area contributed by atoms with Crippen molar-refractivity contribution in [2.45, 2.75) is 43.8 Å². The van der Waals surface area contributed by atoms with Gasteiger partial charge in [0.15, 0.2) is 0 Å². The fourth-order valence-corrected chi connectivity index (χ4v) is 3.06. The van der Waals surface area contributed by atoms with Crippen LogP contribution in [0, 0.1) is 0 Å². The molecule has 2 fully saturated rings. The molecule has 0 aromatic carbocycles. The molecule has 0 spiro atoms. The largest absolute Gasteiger partial charge is 0.479 e. The number of aliphatic carboxylic acids is 1. The Morgan fingerprint density at radius 2 is 1.89 bits per heavy atom. The van der Waals surface area contributed by atoms with Crippen LogP contribution in [0.15, 0.2) is 0 Å². The minimum atomic E-state index is -2.00. The maximum absolute atomic E-state index is 14.1. The smallest absolute Gasteiger partial charge is 0.341 e. The predicted molar refractivity (Wildman–Crippen MR) is 67.4 cm³/mol. The first-order valence-electron chi connectivity index (χ1n) is 6.86. The average molecular weight is 258 g/mol. The molecule has 1 N–H and O–H groups in total. The maximum atomic E-state index is 14.1. The van der Waals surface area contributed by atoms with Crippen LogP contribution in [0.25, 0.3) is 0 Å². The van der Waals surface area contributed by atoms with E-state index in [1.165, 1.54) is 0 Å². The number of nitrogens with zero attached hydrogens (tertiary/aromatic N) is 2. The van der Waals surface area contributed by atoms with Crippen LogP contribution in [-0.4, -0.2) is 65.8 Å². The van der Waals surface area contributed by atoms with Gasteiger partial charge in [-0.25, -0.2) is 9.18 Å². The number of alkyl halides is 1. The number of carboxylic acid groups (broad SMARTS) is 1. The number of piperidine rings is 1. The van der Waals surface area contributed by atoms with Crippen LogP contribution in [-0.2, 0) is 4.79 Å². The molecule has 2 aliphatic heterocycles. The van der Waals surface area contributed by atoms with Gasteiger partial charge in [0, 0.05) is 19.0 Å². The van der Waals surface area contributed by atoms with Gasteiger partial charge in [-0.05, 0) is 52.4 Å². The number of carboxylic acids is 1. The molecule has 4 nitrogen and oxygen atoms in total. The van der Waals surface area contributed by atoms with Gasteiger partial charge in [0.1, 0.15) is 0 Å². The Morgan fingerprint density at radius 3 is 2.50 bits per heavy atom. The number of hydrogen-bond donors (Lipinski definition) is 1. The fourth-order valence-electron chi connectivity index (χ4n) is 3.06. The Morgan fingerprint density at radius 1 is 1.22 bits per heavy atom. The quantitative estimate of drug-likeness (QED) is 0.812. The summed E-state index contributed by atoms with van der Waals surface area (Å²) in [4.78, 5) is 15.6. The number of carbonyl (C=O) groups is 1. The van der Waals surface area contributed by atoms with E-state index in [-0.39, 0.29) is 12.8 Å². The molecule has 0 aliphatic carbocycles. The average Bonchev–Trinajstić information content (AvgIpc) is 2.54. The van der Waals surface area contributed by atoms with E-state index >= 15 is 0 Å². The molecular weight excluding hydrogens is 235 g/mol. The second kappa shape index (κ2) is 5.53. The Balaban J connectivity index is 1.91. The molecule has 2 aliphatic rings. The summed E-state index contributed by atoms with van der Waals surface area (Å²) in [5.74, 6) is -1.28. The third-order valence-corrected chi connectivity index (χ3v) is 4.40. The highest BCUT2D eigenvalue weighted by Gasteiger charge is 2.41. The van der Waals surface area contributed by atoms with E-state index in [1.807, 2.05) is 0 Å².